The number of para-hydroxylation sites is 2. The van der Waals surface area contributed by atoms with Gasteiger partial charge in [-0.15, -0.1) is 0 Å². The highest BCUT2D eigenvalue weighted by atomic mass is 16.5. The van der Waals surface area contributed by atoms with E-state index in [0.29, 0.717) is 24.0 Å². The second-order valence-corrected chi connectivity index (χ2v) is 7.23. The van der Waals surface area contributed by atoms with E-state index in [1.807, 2.05) is 48.2 Å². The van der Waals surface area contributed by atoms with Gasteiger partial charge in [0.05, 0.1) is 25.8 Å². The number of hydrogen-bond acceptors (Lipinski definition) is 4. The summed E-state index contributed by atoms with van der Waals surface area (Å²) in [4.78, 5) is 25.9. The first-order chi connectivity index (χ1) is 14.1. The molecule has 29 heavy (non-hydrogen) atoms. The molecule has 6 nitrogen and oxygen atoms in total. The third kappa shape index (κ3) is 5.73. The number of nitrogens with one attached hydrogen (secondary N) is 1. The van der Waals surface area contributed by atoms with Crippen LogP contribution in [0.1, 0.15) is 24.5 Å². The number of ether oxygens (including phenoxy) is 2. The number of methoxy groups -OCH3 is 1. The van der Waals surface area contributed by atoms with E-state index < -0.39 is 0 Å². The van der Waals surface area contributed by atoms with Gasteiger partial charge in [-0.05, 0) is 48.9 Å². The van der Waals surface area contributed by atoms with Crippen molar-refractivity contribution in [2.24, 2.45) is 5.92 Å². The summed E-state index contributed by atoms with van der Waals surface area (Å²) in [5, 5.41) is 2.97. The van der Waals surface area contributed by atoms with Crippen LogP contribution < -0.4 is 10.1 Å². The number of hydrogen-bond donors (Lipinski definition) is 1. The van der Waals surface area contributed by atoms with Crippen LogP contribution in [0.5, 0.6) is 5.75 Å². The first-order valence-electron chi connectivity index (χ1n) is 10.0. The lowest BCUT2D eigenvalue weighted by Gasteiger charge is -2.19. The summed E-state index contributed by atoms with van der Waals surface area (Å²) in [5.74, 6) is 0.876. The number of carbonyl (C=O) groups excluding carboxylic acids is 2. The van der Waals surface area contributed by atoms with Crippen molar-refractivity contribution in [3.05, 3.63) is 59.7 Å². The summed E-state index contributed by atoms with van der Waals surface area (Å²) in [6.07, 6.45) is 2.18. The van der Waals surface area contributed by atoms with E-state index in [9.17, 15) is 9.59 Å². The van der Waals surface area contributed by atoms with Gasteiger partial charge < -0.3 is 19.7 Å². The van der Waals surface area contributed by atoms with E-state index in [1.54, 1.807) is 0 Å². The molecule has 0 spiro atoms. The predicted octanol–water partition coefficient (Wildman–Crippen LogP) is 3.90. The zero-order valence-corrected chi connectivity index (χ0v) is 17.0. The fourth-order valence-electron chi connectivity index (χ4n) is 3.59. The number of benzene rings is 2. The van der Waals surface area contributed by atoms with Gasteiger partial charge in [0.15, 0.2) is 0 Å². The molecule has 0 saturated carbocycles. The molecule has 2 amide bonds. The SMILES string of the molecule is CCOc1ccccc1NC(=O)N1CCC(Cc2ccc(CC(=O)OC)cc2)C1. The monoisotopic (exact) mass is 396 g/mol. The van der Waals surface area contributed by atoms with Crippen molar-refractivity contribution in [1.82, 2.24) is 4.90 Å². The molecular weight excluding hydrogens is 368 g/mol. The summed E-state index contributed by atoms with van der Waals surface area (Å²) in [7, 11) is 1.40. The van der Waals surface area contributed by atoms with Crippen molar-refractivity contribution in [2.45, 2.75) is 26.2 Å². The number of carbonyl (C=O) groups is 2. The lowest BCUT2D eigenvalue weighted by atomic mass is 9.97. The number of nitrogens with zero attached hydrogens (tertiary/aromatic N) is 1. The van der Waals surface area contributed by atoms with Crippen LogP contribution in [0.2, 0.25) is 0 Å². The van der Waals surface area contributed by atoms with Gasteiger partial charge in [0.2, 0.25) is 0 Å². The Labute approximate surface area is 171 Å². The van der Waals surface area contributed by atoms with Gasteiger partial charge in [-0.1, -0.05) is 36.4 Å². The minimum absolute atomic E-state index is 0.0897. The highest BCUT2D eigenvalue weighted by Gasteiger charge is 2.26. The summed E-state index contributed by atoms with van der Waals surface area (Å²) in [5.41, 5.74) is 2.86. The molecular formula is C23H28N2O4. The molecule has 1 aliphatic rings. The second kappa shape index (κ2) is 9.96. The first kappa shape index (κ1) is 20.7. The Hall–Kier alpha value is -3.02. The van der Waals surface area contributed by atoms with Crippen molar-refractivity contribution >= 4 is 17.7 Å². The fraction of sp³-hybridized carbons (Fsp3) is 0.391. The Balaban J connectivity index is 1.52. The van der Waals surface area contributed by atoms with Crippen LogP contribution in [0.25, 0.3) is 0 Å². The average molecular weight is 396 g/mol. The second-order valence-electron chi connectivity index (χ2n) is 7.23. The minimum Gasteiger partial charge on any atom is -0.492 e. The summed E-state index contributed by atoms with van der Waals surface area (Å²) in [6, 6.07) is 15.4. The van der Waals surface area contributed by atoms with Crippen molar-refractivity contribution in [3.63, 3.8) is 0 Å². The molecule has 1 N–H and O–H groups in total. The maximum Gasteiger partial charge on any atom is 0.321 e. The zero-order valence-electron chi connectivity index (χ0n) is 17.0. The Kier molecular flexibility index (Phi) is 7.11. The first-order valence-corrected chi connectivity index (χ1v) is 10.0. The topological polar surface area (TPSA) is 67.9 Å². The summed E-state index contributed by atoms with van der Waals surface area (Å²) < 4.78 is 10.3. The molecule has 1 fully saturated rings. The van der Waals surface area contributed by atoms with Gasteiger partial charge in [-0.2, -0.15) is 0 Å². The summed E-state index contributed by atoms with van der Waals surface area (Å²) in [6.45, 7) is 3.95. The number of anilines is 1. The Morgan fingerprint density at radius 3 is 2.55 bits per heavy atom. The molecule has 0 aliphatic carbocycles. The van der Waals surface area contributed by atoms with Crippen LogP contribution in [0.4, 0.5) is 10.5 Å². The lowest BCUT2D eigenvalue weighted by Crippen LogP contribution is -2.33. The van der Waals surface area contributed by atoms with E-state index >= 15 is 0 Å². The predicted molar refractivity (Wildman–Crippen MR) is 112 cm³/mol. The van der Waals surface area contributed by atoms with Crippen LogP contribution in [0.3, 0.4) is 0 Å². The minimum atomic E-state index is -0.235. The molecule has 1 unspecified atom stereocenters. The summed E-state index contributed by atoms with van der Waals surface area (Å²) >= 11 is 0. The van der Waals surface area contributed by atoms with E-state index in [-0.39, 0.29) is 18.4 Å². The largest absolute Gasteiger partial charge is 0.492 e. The van der Waals surface area contributed by atoms with Gasteiger partial charge in [0.1, 0.15) is 5.75 Å². The quantitative estimate of drug-likeness (QED) is 0.721. The normalized spacial score (nSPS) is 15.8. The zero-order chi connectivity index (χ0) is 20.6. The molecule has 154 valence electrons. The molecule has 3 rings (SSSR count). The third-order valence-corrected chi connectivity index (χ3v) is 5.13. The molecule has 1 aliphatic heterocycles. The van der Waals surface area contributed by atoms with Crippen LogP contribution >= 0.6 is 0 Å². The van der Waals surface area contributed by atoms with E-state index in [1.165, 1.54) is 12.7 Å². The van der Waals surface area contributed by atoms with Gasteiger partial charge in [-0.3, -0.25) is 4.79 Å². The molecule has 2 aromatic rings. The lowest BCUT2D eigenvalue weighted by molar-refractivity contribution is -0.139. The van der Waals surface area contributed by atoms with Gasteiger partial charge in [0.25, 0.3) is 0 Å². The Bertz CT molecular complexity index is 835. The Morgan fingerprint density at radius 2 is 1.83 bits per heavy atom. The van der Waals surface area contributed by atoms with Crippen molar-refractivity contribution < 1.29 is 19.1 Å². The average Bonchev–Trinajstić information content (AvgIpc) is 3.19. The molecule has 1 saturated heterocycles. The van der Waals surface area contributed by atoms with Gasteiger partial charge in [0, 0.05) is 13.1 Å². The van der Waals surface area contributed by atoms with Crippen molar-refractivity contribution in [1.29, 1.82) is 0 Å². The van der Waals surface area contributed by atoms with Crippen molar-refractivity contribution in [2.75, 3.05) is 32.1 Å². The number of esters is 1. The number of likely N-dealkylation sites (tertiary alicyclic amines) is 1. The van der Waals surface area contributed by atoms with E-state index in [2.05, 4.69) is 17.4 Å². The standard InChI is InChI=1S/C23H28N2O4/c1-3-29-21-7-5-4-6-20(21)24-23(27)25-13-12-19(16-25)14-17-8-10-18(11-9-17)15-22(26)28-2/h4-11,19H,3,12-16H2,1-2H3,(H,24,27). The van der Waals surface area contributed by atoms with Crippen LogP contribution in [0, 0.1) is 5.92 Å². The number of urea groups is 1. The fourth-order valence-corrected chi connectivity index (χ4v) is 3.59. The van der Waals surface area contributed by atoms with E-state index in [4.69, 9.17) is 9.47 Å². The van der Waals surface area contributed by atoms with Crippen LogP contribution in [-0.4, -0.2) is 43.7 Å². The molecule has 0 bridgehead atoms. The van der Waals surface area contributed by atoms with Crippen LogP contribution in [-0.2, 0) is 22.4 Å². The number of rotatable bonds is 7. The number of amides is 2. The molecule has 6 heteroatoms. The molecule has 0 radical (unpaired) electrons. The molecule has 1 atom stereocenters. The Morgan fingerprint density at radius 1 is 1.10 bits per heavy atom. The highest BCUT2D eigenvalue weighted by Crippen LogP contribution is 2.26. The maximum absolute atomic E-state index is 12.7. The highest BCUT2D eigenvalue weighted by molar-refractivity contribution is 5.91. The maximum atomic E-state index is 12.7. The molecule has 1 heterocycles. The van der Waals surface area contributed by atoms with Gasteiger partial charge in [-0.25, -0.2) is 4.79 Å². The molecule has 2 aromatic carbocycles. The smallest absolute Gasteiger partial charge is 0.321 e. The third-order valence-electron chi connectivity index (χ3n) is 5.13. The van der Waals surface area contributed by atoms with E-state index in [0.717, 1.165) is 31.5 Å². The molecule has 0 aromatic heterocycles. The van der Waals surface area contributed by atoms with Crippen molar-refractivity contribution in [3.8, 4) is 5.75 Å². The van der Waals surface area contributed by atoms with Gasteiger partial charge >= 0.3 is 12.0 Å². The van der Waals surface area contributed by atoms with Crippen LogP contribution in [0.15, 0.2) is 48.5 Å².